The Morgan fingerprint density at radius 2 is 1.97 bits per heavy atom. The zero-order valence-corrected chi connectivity index (χ0v) is 16.3. The molecular formula is C22H17ClN2O4. The average molecular weight is 409 g/mol. The molecule has 0 saturated heterocycles. The second-order valence-electron chi connectivity index (χ2n) is 5.60. The van der Waals surface area contributed by atoms with Gasteiger partial charge in [-0.1, -0.05) is 17.5 Å². The van der Waals surface area contributed by atoms with Gasteiger partial charge in [0.25, 0.3) is 5.91 Å². The van der Waals surface area contributed by atoms with Gasteiger partial charge < -0.3 is 14.8 Å². The maximum Gasteiger partial charge on any atom is 0.338 e. The van der Waals surface area contributed by atoms with Crippen molar-refractivity contribution in [3.8, 4) is 24.2 Å². The first kappa shape index (κ1) is 21.6. The van der Waals surface area contributed by atoms with Gasteiger partial charge in [0.05, 0.1) is 12.2 Å². The van der Waals surface area contributed by atoms with Crippen LogP contribution in [0.15, 0.2) is 48.0 Å². The van der Waals surface area contributed by atoms with Crippen molar-refractivity contribution in [3.05, 3.63) is 64.2 Å². The Bertz CT molecular complexity index is 1010. The Hall–Kier alpha value is -3.74. The second kappa shape index (κ2) is 10.6. The number of rotatable bonds is 7. The third-order valence-electron chi connectivity index (χ3n) is 3.60. The zero-order chi connectivity index (χ0) is 21.2. The fourth-order valence-electron chi connectivity index (χ4n) is 2.29. The van der Waals surface area contributed by atoms with E-state index in [-0.39, 0.29) is 18.8 Å². The van der Waals surface area contributed by atoms with Gasteiger partial charge >= 0.3 is 5.97 Å². The Morgan fingerprint density at radius 3 is 2.59 bits per heavy atom. The van der Waals surface area contributed by atoms with E-state index in [4.69, 9.17) is 27.5 Å². The number of carbonyl (C=O) groups is 2. The fourth-order valence-corrected chi connectivity index (χ4v) is 2.47. The van der Waals surface area contributed by atoms with E-state index in [0.29, 0.717) is 27.6 Å². The number of esters is 1. The van der Waals surface area contributed by atoms with Crippen molar-refractivity contribution < 1.29 is 19.1 Å². The molecule has 2 rings (SSSR count). The highest BCUT2D eigenvalue weighted by Crippen LogP contribution is 2.25. The van der Waals surface area contributed by atoms with Gasteiger partial charge in [0, 0.05) is 16.3 Å². The molecule has 0 aromatic heterocycles. The van der Waals surface area contributed by atoms with Crippen LogP contribution in [0.5, 0.6) is 5.75 Å². The van der Waals surface area contributed by atoms with Gasteiger partial charge in [-0.15, -0.1) is 6.42 Å². The van der Waals surface area contributed by atoms with Crippen molar-refractivity contribution in [2.75, 3.05) is 18.5 Å². The molecule has 146 valence electrons. The number of amides is 1. The van der Waals surface area contributed by atoms with E-state index >= 15 is 0 Å². The molecule has 29 heavy (non-hydrogen) atoms. The number of ether oxygens (including phenoxy) is 2. The monoisotopic (exact) mass is 408 g/mol. The van der Waals surface area contributed by atoms with E-state index in [0.717, 1.165) is 0 Å². The number of benzene rings is 2. The molecule has 2 aromatic carbocycles. The van der Waals surface area contributed by atoms with E-state index in [1.54, 1.807) is 37.3 Å². The fraction of sp³-hybridized carbons (Fsp3) is 0.136. The van der Waals surface area contributed by atoms with Crippen molar-refractivity contribution in [3.63, 3.8) is 0 Å². The van der Waals surface area contributed by atoms with Gasteiger partial charge in [-0.25, -0.2) is 4.79 Å². The summed E-state index contributed by atoms with van der Waals surface area (Å²) in [6.45, 7) is 2.01. The summed E-state index contributed by atoms with van der Waals surface area (Å²) in [5.74, 6) is 1.66. The lowest BCUT2D eigenvalue weighted by molar-refractivity contribution is -0.112. The van der Waals surface area contributed by atoms with Crippen LogP contribution in [-0.2, 0) is 9.53 Å². The molecule has 7 heteroatoms. The van der Waals surface area contributed by atoms with Crippen molar-refractivity contribution in [2.45, 2.75) is 6.92 Å². The van der Waals surface area contributed by atoms with Crippen LogP contribution >= 0.6 is 11.6 Å². The minimum Gasteiger partial charge on any atom is -0.480 e. The highest BCUT2D eigenvalue weighted by Gasteiger charge is 2.13. The SMILES string of the molecule is C#CCOc1ccc(Cl)cc1/C=C(\C#N)C(=O)Nc1ccc(C(=O)OCC)cc1. The molecule has 0 heterocycles. The number of halogens is 1. The van der Waals surface area contributed by atoms with E-state index in [9.17, 15) is 14.9 Å². The normalized spacial score (nSPS) is 10.4. The zero-order valence-electron chi connectivity index (χ0n) is 15.6. The molecule has 2 aromatic rings. The topological polar surface area (TPSA) is 88.4 Å². The highest BCUT2D eigenvalue weighted by molar-refractivity contribution is 6.30. The first-order valence-electron chi connectivity index (χ1n) is 8.54. The van der Waals surface area contributed by atoms with E-state index in [1.165, 1.54) is 18.2 Å². The minimum atomic E-state index is -0.626. The molecule has 1 amide bonds. The molecular weight excluding hydrogens is 392 g/mol. The van der Waals surface area contributed by atoms with Crippen LogP contribution in [0.4, 0.5) is 5.69 Å². The maximum absolute atomic E-state index is 12.5. The lowest BCUT2D eigenvalue weighted by Gasteiger charge is -2.09. The number of terminal acetylenes is 1. The van der Waals surface area contributed by atoms with Crippen molar-refractivity contribution in [2.24, 2.45) is 0 Å². The maximum atomic E-state index is 12.5. The molecule has 0 unspecified atom stereocenters. The Kier molecular flexibility index (Phi) is 7.85. The molecule has 0 fully saturated rings. The van der Waals surface area contributed by atoms with Gasteiger partial charge in [0.15, 0.2) is 0 Å². The summed E-state index contributed by atoms with van der Waals surface area (Å²) in [5.41, 5.74) is 1.05. The van der Waals surface area contributed by atoms with Crippen LogP contribution in [0.2, 0.25) is 5.02 Å². The van der Waals surface area contributed by atoms with Crippen LogP contribution in [0.1, 0.15) is 22.8 Å². The third-order valence-corrected chi connectivity index (χ3v) is 3.84. The van der Waals surface area contributed by atoms with Crippen LogP contribution < -0.4 is 10.1 Å². The molecule has 0 atom stereocenters. The molecule has 0 spiro atoms. The summed E-state index contributed by atoms with van der Waals surface area (Å²) in [7, 11) is 0. The van der Waals surface area contributed by atoms with Gasteiger partial charge in [0.1, 0.15) is 24.0 Å². The second-order valence-corrected chi connectivity index (χ2v) is 6.03. The van der Waals surface area contributed by atoms with Crippen LogP contribution in [0.25, 0.3) is 6.08 Å². The molecule has 0 radical (unpaired) electrons. The van der Waals surface area contributed by atoms with E-state index in [1.807, 2.05) is 6.07 Å². The van der Waals surface area contributed by atoms with Crippen LogP contribution in [0.3, 0.4) is 0 Å². The van der Waals surface area contributed by atoms with E-state index in [2.05, 4.69) is 11.2 Å². The highest BCUT2D eigenvalue weighted by atomic mass is 35.5. The van der Waals surface area contributed by atoms with Crippen LogP contribution in [-0.4, -0.2) is 25.1 Å². The molecule has 6 nitrogen and oxygen atoms in total. The summed E-state index contributed by atoms with van der Waals surface area (Å²) in [6, 6.07) is 12.8. The quantitative estimate of drug-likeness (QED) is 0.323. The summed E-state index contributed by atoms with van der Waals surface area (Å²) >= 11 is 6.00. The summed E-state index contributed by atoms with van der Waals surface area (Å²) < 4.78 is 10.3. The molecule has 0 aliphatic carbocycles. The Labute approximate surface area is 173 Å². The molecule has 1 N–H and O–H groups in total. The number of hydrogen-bond donors (Lipinski definition) is 1. The minimum absolute atomic E-state index is 0.0311. The average Bonchev–Trinajstić information content (AvgIpc) is 2.72. The largest absolute Gasteiger partial charge is 0.480 e. The summed E-state index contributed by atoms with van der Waals surface area (Å²) in [4.78, 5) is 24.2. The van der Waals surface area contributed by atoms with Crippen molar-refractivity contribution in [1.82, 2.24) is 0 Å². The molecule has 0 bridgehead atoms. The van der Waals surface area contributed by atoms with Crippen molar-refractivity contribution in [1.29, 1.82) is 5.26 Å². The standard InChI is InChI=1S/C22H17ClN2O4/c1-3-11-29-20-10-7-18(23)13-16(20)12-17(14-24)21(26)25-19-8-5-15(6-9-19)22(27)28-4-2/h1,5-10,12-13H,4,11H2,2H3,(H,25,26)/b17-12+. The lowest BCUT2D eigenvalue weighted by Crippen LogP contribution is -2.14. The summed E-state index contributed by atoms with van der Waals surface area (Å²) in [6.07, 6.45) is 6.56. The molecule has 0 aliphatic rings. The number of nitrogens with zero attached hydrogens (tertiary/aromatic N) is 1. The predicted molar refractivity (Wildman–Crippen MR) is 110 cm³/mol. The third kappa shape index (κ3) is 6.14. The lowest BCUT2D eigenvalue weighted by atomic mass is 10.1. The molecule has 0 saturated carbocycles. The Balaban J connectivity index is 2.21. The number of carbonyl (C=O) groups excluding carboxylic acids is 2. The molecule has 0 aliphatic heterocycles. The van der Waals surface area contributed by atoms with Gasteiger partial charge in [-0.2, -0.15) is 5.26 Å². The van der Waals surface area contributed by atoms with E-state index < -0.39 is 11.9 Å². The van der Waals surface area contributed by atoms with Crippen LogP contribution in [0, 0.1) is 23.7 Å². The van der Waals surface area contributed by atoms with Gasteiger partial charge in [0.2, 0.25) is 0 Å². The van der Waals surface area contributed by atoms with Gasteiger partial charge in [-0.3, -0.25) is 4.79 Å². The Morgan fingerprint density at radius 1 is 1.24 bits per heavy atom. The number of anilines is 1. The first-order valence-corrected chi connectivity index (χ1v) is 8.92. The van der Waals surface area contributed by atoms with Gasteiger partial charge in [-0.05, 0) is 55.5 Å². The number of hydrogen-bond acceptors (Lipinski definition) is 5. The number of nitrogens with one attached hydrogen (secondary N) is 1. The number of nitriles is 1. The summed E-state index contributed by atoms with van der Waals surface area (Å²) in [5, 5.41) is 12.4. The smallest absolute Gasteiger partial charge is 0.338 e. The van der Waals surface area contributed by atoms with Crippen molar-refractivity contribution >= 4 is 35.2 Å². The predicted octanol–water partition coefficient (Wildman–Crippen LogP) is 4.07. The first-order chi connectivity index (χ1) is 14.0.